The fourth-order valence-electron chi connectivity index (χ4n) is 4.67. The molecule has 3 fully saturated rings. The molecule has 24 heavy (non-hydrogen) atoms. The summed E-state index contributed by atoms with van der Waals surface area (Å²) in [6.07, 6.45) is 9.24. The molecule has 1 N–H and O–H groups in total. The molecule has 136 valence electrons. The SMILES string of the molecule is CC(C)(C)OC(=O)N1[C@H]2CC[C@H]1CC(NC(=O)CC1CCCC1)C2. The molecule has 0 aromatic carbocycles. The van der Waals surface area contributed by atoms with Gasteiger partial charge in [-0.3, -0.25) is 4.79 Å². The van der Waals surface area contributed by atoms with Crippen LogP contribution in [0.3, 0.4) is 0 Å². The van der Waals surface area contributed by atoms with Gasteiger partial charge in [-0.05, 0) is 65.2 Å². The Hall–Kier alpha value is -1.26. The minimum Gasteiger partial charge on any atom is -0.444 e. The van der Waals surface area contributed by atoms with Gasteiger partial charge in [0.2, 0.25) is 5.91 Å². The summed E-state index contributed by atoms with van der Waals surface area (Å²) in [7, 11) is 0. The van der Waals surface area contributed by atoms with Gasteiger partial charge in [0.05, 0.1) is 0 Å². The molecule has 0 aromatic heterocycles. The second kappa shape index (κ2) is 6.93. The number of carbonyl (C=O) groups is 2. The number of nitrogens with one attached hydrogen (secondary N) is 1. The quantitative estimate of drug-likeness (QED) is 0.856. The number of rotatable bonds is 3. The summed E-state index contributed by atoms with van der Waals surface area (Å²) < 4.78 is 5.56. The number of amides is 2. The smallest absolute Gasteiger partial charge is 0.410 e. The molecular formula is C19H32N2O3. The Balaban J connectivity index is 1.51. The summed E-state index contributed by atoms with van der Waals surface area (Å²) in [6, 6.07) is 0.654. The molecule has 2 amide bonds. The Bertz CT molecular complexity index is 465. The number of hydrogen-bond donors (Lipinski definition) is 1. The van der Waals surface area contributed by atoms with E-state index in [1.807, 2.05) is 25.7 Å². The van der Waals surface area contributed by atoms with E-state index in [4.69, 9.17) is 4.74 Å². The van der Waals surface area contributed by atoms with Crippen molar-refractivity contribution < 1.29 is 14.3 Å². The fraction of sp³-hybridized carbons (Fsp3) is 0.895. The summed E-state index contributed by atoms with van der Waals surface area (Å²) in [4.78, 5) is 26.7. The van der Waals surface area contributed by atoms with Crippen molar-refractivity contribution in [3.8, 4) is 0 Å². The number of ether oxygens (including phenoxy) is 1. The van der Waals surface area contributed by atoms with E-state index in [1.54, 1.807) is 0 Å². The van der Waals surface area contributed by atoms with Gasteiger partial charge in [0.15, 0.2) is 0 Å². The largest absolute Gasteiger partial charge is 0.444 e. The Kier molecular flexibility index (Phi) is 5.07. The molecule has 1 saturated carbocycles. The van der Waals surface area contributed by atoms with E-state index in [1.165, 1.54) is 25.7 Å². The summed E-state index contributed by atoms with van der Waals surface area (Å²) in [5, 5.41) is 3.24. The van der Waals surface area contributed by atoms with Gasteiger partial charge in [-0.25, -0.2) is 4.79 Å². The van der Waals surface area contributed by atoms with Crippen LogP contribution >= 0.6 is 0 Å². The van der Waals surface area contributed by atoms with Crippen molar-refractivity contribution in [2.45, 2.75) is 102 Å². The van der Waals surface area contributed by atoms with Crippen molar-refractivity contribution in [3.63, 3.8) is 0 Å². The summed E-state index contributed by atoms with van der Waals surface area (Å²) in [5.74, 6) is 0.792. The average molecular weight is 336 g/mol. The molecule has 0 aromatic rings. The molecule has 0 spiro atoms. The zero-order chi connectivity index (χ0) is 17.3. The first-order chi connectivity index (χ1) is 11.3. The van der Waals surface area contributed by atoms with Crippen molar-refractivity contribution in [2.75, 3.05) is 0 Å². The lowest BCUT2D eigenvalue weighted by Gasteiger charge is -2.39. The lowest BCUT2D eigenvalue weighted by atomic mass is 9.96. The molecule has 0 unspecified atom stereocenters. The minimum atomic E-state index is -0.455. The van der Waals surface area contributed by atoms with Crippen LogP contribution in [-0.2, 0) is 9.53 Å². The van der Waals surface area contributed by atoms with Gasteiger partial charge in [-0.1, -0.05) is 12.8 Å². The maximum absolute atomic E-state index is 12.4. The van der Waals surface area contributed by atoms with E-state index in [2.05, 4.69) is 5.32 Å². The molecule has 3 aliphatic rings. The van der Waals surface area contributed by atoms with Crippen molar-refractivity contribution in [1.29, 1.82) is 0 Å². The van der Waals surface area contributed by atoms with E-state index < -0.39 is 5.60 Å². The first-order valence-corrected chi connectivity index (χ1v) is 9.62. The van der Waals surface area contributed by atoms with E-state index in [-0.39, 0.29) is 30.1 Å². The van der Waals surface area contributed by atoms with Crippen molar-refractivity contribution in [1.82, 2.24) is 10.2 Å². The van der Waals surface area contributed by atoms with Crippen LogP contribution in [0.1, 0.15) is 78.6 Å². The van der Waals surface area contributed by atoms with Gasteiger partial charge in [0, 0.05) is 24.5 Å². The van der Waals surface area contributed by atoms with Crippen LogP contribution in [0.5, 0.6) is 0 Å². The van der Waals surface area contributed by atoms with Crippen LogP contribution in [0.4, 0.5) is 4.79 Å². The predicted molar refractivity (Wildman–Crippen MR) is 92.6 cm³/mol. The summed E-state index contributed by atoms with van der Waals surface area (Å²) >= 11 is 0. The number of piperidine rings is 1. The summed E-state index contributed by atoms with van der Waals surface area (Å²) in [6.45, 7) is 5.72. The van der Waals surface area contributed by atoms with Crippen LogP contribution in [0, 0.1) is 5.92 Å². The van der Waals surface area contributed by atoms with Gasteiger partial charge in [-0.2, -0.15) is 0 Å². The predicted octanol–water partition coefficient (Wildman–Crippen LogP) is 3.61. The van der Waals surface area contributed by atoms with Gasteiger partial charge in [0.1, 0.15) is 5.60 Å². The Morgan fingerprint density at radius 1 is 1.04 bits per heavy atom. The normalized spacial score (nSPS) is 30.5. The van der Waals surface area contributed by atoms with E-state index in [9.17, 15) is 9.59 Å². The molecule has 5 heteroatoms. The van der Waals surface area contributed by atoms with Crippen molar-refractivity contribution >= 4 is 12.0 Å². The van der Waals surface area contributed by atoms with Gasteiger partial charge in [0.25, 0.3) is 0 Å². The lowest BCUT2D eigenvalue weighted by molar-refractivity contribution is -0.123. The Morgan fingerprint density at radius 3 is 2.17 bits per heavy atom. The zero-order valence-electron chi connectivity index (χ0n) is 15.3. The van der Waals surface area contributed by atoms with Gasteiger partial charge < -0.3 is 15.0 Å². The second-order valence-corrected chi connectivity index (χ2v) is 8.86. The average Bonchev–Trinajstić information content (AvgIpc) is 3.03. The third-order valence-electron chi connectivity index (χ3n) is 5.65. The highest BCUT2D eigenvalue weighted by atomic mass is 16.6. The first-order valence-electron chi connectivity index (χ1n) is 9.62. The highest BCUT2D eigenvalue weighted by molar-refractivity contribution is 5.76. The monoisotopic (exact) mass is 336 g/mol. The maximum atomic E-state index is 12.4. The molecule has 2 heterocycles. The molecule has 0 radical (unpaired) electrons. The second-order valence-electron chi connectivity index (χ2n) is 8.86. The highest BCUT2D eigenvalue weighted by Gasteiger charge is 2.45. The molecular weight excluding hydrogens is 304 g/mol. The molecule has 5 nitrogen and oxygen atoms in total. The molecule has 2 atom stereocenters. The molecule has 1 aliphatic carbocycles. The van der Waals surface area contributed by atoms with E-state index in [0.29, 0.717) is 12.3 Å². The van der Waals surface area contributed by atoms with Crippen LogP contribution in [0.2, 0.25) is 0 Å². The topological polar surface area (TPSA) is 58.6 Å². The van der Waals surface area contributed by atoms with Crippen LogP contribution < -0.4 is 5.32 Å². The fourth-order valence-corrected chi connectivity index (χ4v) is 4.67. The third-order valence-corrected chi connectivity index (χ3v) is 5.65. The highest BCUT2D eigenvalue weighted by Crippen LogP contribution is 2.37. The Morgan fingerprint density at radius 2 is 1.62 bits per heavy atom. The summed E-state index contributed by atoms with van der Waals surface area (Å²) in [5.41, 5.74) is -0.455. The minimum absolute atomic E-state index is 0.189. The zero-order valence-corrected chi connectivity index (χ0v) is 15.3. The van der Waals surface area contributed by atoms with E-state index >= 15 is 0 Å². The number of hydrogen-bond acceptors (Lipinski definition) is 3. The standard InChI is InChI=1S/C19H32N2O3/c1-19(2,3)24-18(23)21-15-8-9-16(21)12-14(11-15)20-17(22)10-13-6-4-5-7-13/h13-16H,4-12H2,1-3H3,(H,20,22)/t15-,16-/m0/s1. The molecule has 2 saturated heterocycles. The van der Waals surface area contributed by atoms with Crippen molar-refractivity contribution in [3.05, 3.63) is 0 Å². The first kappa shape index (κ1) is 17.6. The molecule has 2 aliphatic heterocycles. The number of nitrogens with zero attached hydrogens (tertiary/aromatic N) is 1. The molecule has 2 bridgehead atoms. The maximum Gasteiger partial charge on any atom is 0.410 e. The van der Waals surface area contributed by atoms with E-state index in [0.717, 1.165) is 25.7 Å². The lowest BCUT2D eigenvalue weighted by Crippen LogP contribution is -2.53. The van der Waals surface area contributed by atoms with Crippen LogP contribution in [0.15, 0.2) is 0 Å². The van der Waals surface area contributed by atoms with Crippen molar-refractivity contribution in [2.24, 2.45) is 5.92 Å². The van der Waals surface area contributed by atoms with Crippen LogP contribution in [0.25, 0.3) is 0 Å². The third kappa shape index (κ3) is 4.22. The number of fused-ring (bicyclic) bond motifs is 2. The number of carbonyl (C=O) groups excluding carboxylic acids is 2. The van der Waals surface area contributed by atoms with Gasteiger partial charge in [-0.15, -0.1) is 0 Å². The van der Waals surface area contributed by atoms with Crippen LogP contribution in [-0.4, -0.2) is 40.6 Å². The van der Waals surface area contributed by atoms with Gasteiger partial charge >= 0.3 is 6.09 Å². The Labute approximate surface area is 145 Å². The molecule has 3 rings (SSSR count).